The molecule has 0 unspecified atom stereocenters. The largest absolute Gasteiger partial charge is 0.351 e. The molecular formula is C27H31NO3. The molecule has 1 amide bonds. The average molecular weight is 418 g/mol. The van der Waals surface area contributed by atoms with Crippen LogP contribution in [-0.2, 0) is 26.1 Å². The average Bonchev–Trinajstić information content (AvgIpc) is 2.83. The summed E-state index contributed by atoms with van der Waals surface area (Å²) in [6.07, 6.45) is 0.0710. The fourth-order valence-electron chi connectivity index (χ4n) is 3.93. The second-order valence-corrected chi connectivity index (χ2v) is 7.35. The van der Waals surface area contributed by atoms with Gasteiger partial charge in [-0.15, -0.1) is 0 Å². The number of nitrogens with one attached hydrogen (secondary N) is 1. The normalized spacial score (nSPS) is 11.5. The van der Waals surface area contributed by atoms with E-state index in [4.69, 9.17) is 9.47 Å². The number of rotatable bonds is 11. The van der Waals surface area contributed by atoms with Gasteiger partial charge in [0.2, 0.25) is 5.91 Å². The van der Waals surface area contributed by atoms with Crippen molar-refractivity contribution >= 4 is 5.91 Å². The van der Waals surface area contributed by atoms with Crippen LogP contribution >= 0.6 is 0 Å². The van der Waals surface area contributed by atoms with Gasteiger partial charge in [0, 0.05) is 13.2 Å². The van der Waals surface area contributed by atoms with E-state index in [-0.39, 0.29) is 12.5 Å². The molecule has 0 aliphatic heterocycles. The van der Waals surface area contributed by atoms with E-state index in [1.54, 1.807) is 0 Å². The van der Waals surface area contributed by atoms with Crippen molar-refractivity contribution in [3.63, 3.8) is 0 Å². The van der Waals surface area contributed by atoms with Crippen molar-refractivity contribution in [1.82, 2.24) is 5.32 Å². The molecule has 162 valence electrons. The van der Waals surface area contributed by atoms with Crippen LogP contribution in [0.1, 0.15) is 30.5 Å². The molecule has 0 atom stereocenters. The van der Waals surface area contributed by atoms with Gasteiger partial charge in [-0.2, -0.15) is 0 Å². The second-order valence-electron chi connectivity index (χ2n) is 7.35. The second kappa shape index (κ2) is 11.4. The Kier molecular flexibility index (Phi) is 8.39. The predicted octanol–water partition coefficient (Wildman–Crippen LogP) is 4.73. The summed E-state index contributed by atoms with van der Waals surface area (Å²) in [6, 6.07) is 30.1. The Morgan fingerprint density at radius 2 is 1.23 bits per heavy atom. The number of carbonyl (C=O) groups excluding carboxylic acids is 1. The minimum Gasteiger partial charge on any atom is -0.351 e. The summed E-state index contributed by atoms with van der Waals surface area (Å²) in [6.45, 7) is 5.17. The van der Waals surface area contributed by atoms with E-state index in [1.165, 1.54) is 0 Å². The summed E-state index contributed by atoms with van der Waals surface area (Å²) in [4.78, 5) is 14.0. The number of carbonyl (C=O) groups is 1. The zero-order valence-electron chi connectivity index (χ0n) is 18.3. The molecule has 0 fully saturated rings. The molecule has 1 N–H and O–H groups in total. The van der Waals surface area contributed by atoms with Crippen molar-refractivity contribution in [2.45, 2.75) is 32.0 Å². The van der Waals surface area contributed by atoms with Crippen LogP contribution in [0.3, 0.4) is 0 Å². The summed E-state index contributed by atoms with van der Waals surface area (Å²) in [5.74, 6) is -0.0711. The van der Waals surface area contributed by atoms with Crippen molar-refractivity contribution in [2.24, 2.45) is 0 Å². The summed E-state index contributed by atoms with van der Waals surface area (Å²) in [5, 5.41) is 3.12. The number of benzene rings is 3. The lowest BCUT2D eigenvalue weighted by Crippen LogP contribution is -2.49. The first-order valence-electron chi connectivity index (χ1n) is 10.9. The van der Waals surface area contributed by atoms with Gasteiger partial charge in [0.1, 0.15) is 5.41 Å². The highest BCUT2D eigenvalue weighted by Gasteiger charge is 2.42. The van der Waals surface area contributed by atoms with Gasteiger partial charge in [0.05, 0.1) is 6.54 Å². The maximum Gasteiger partial charge on any atom is 0.235 e. The van der Waals surface area contributed by atoms with Gasteiger partial charge in [-0.3, -0.25) is 4.79 Å². The van der Waals surface area contributed by atoms with Crippen LogP contribution in [0.2, 0.25) is 0 Å². The van der Waals surface area contributed by atoms with E-state index >= 15 is 0 Å². The highest BCUT2D eigenvalue weighted by atomic mass is 16.7. The Morgan fingerprint density at radius 1 is 0.774 bits per heavy atom. The predicted molar refractivity (Wildman–Crippen MR) is 124 cm³/mol. The van der Waals surface area contributed by atoms with Crippen LogP contribution in [0.25, 0.3) is 0 Å². The SMILES string of the molecule is CCOC(CNC(=O)C(Cc1ccccc1)(c1ccccc1)c1ccccc1)OCC. The summed E-state index contributed by atoms with van der Waals surface area (Å²) in [5.41, 5.74) is 2.11. The van der Waals surface area contributed by atoms with Crippen LogP contribution in [0.5, 0.6) is 0 Å². The van der Waals surface area contributed by atoms with Gasteiger partial charge in [-0.05, 0) is 37.0 Å². The maximum atomic E-state index is 14.0. The molecule has 0 heterocycles. The van der Waals surface area contributed by atoms with Crippen molar-refractivity contribution in [3.05, 3.63) is 108 Å². The molecule has 0 saturated heterocycles. The molecular weight excluding hydrogens is 386 g/mol. The van der Waals surface area contributed by atoms with Gasteiger partial charge < -0.3 is 14.8 Å². The van der Waals surface area contributed by atoms with Crippen LogP contribution in [0, 0.1) is 0 Å². The summed E-state index contributed by atoms with van der Waals surface area (Å²) < 4.78 is 11.3. The molecule has 31 heavy (non-hydrogen) atoms. The molecule has 4 heteroatoms. The first-order chi connectivity index (χ1) is 15.2. The number of hydrogen-bond donors (Lipinski definition) is 1. The molecule has 0 spiro atoms. The van der Waals surface area contributed by atoms with E-state index in [2.05, 4.69) is 17.4 Å². The first-order valence-corrected chi connectivity index (χ1v) is 10.9. The molecule has 0 aliphatic rings. The molecule has 0 aliphatic carbocycles. The molecule has 0 radical (unpaired) electrons. The third-order valence-corrected chi connectivity index (χ3v) is 5.37. The number of amides is 1. The van der Waals surface area contributed by atoms with E-state index in [9.17, 15) is 4.79 Å². The van der Waals surface area contributed by atoms with Crippen molar-refractivity contribution in [2.75, 3.05) is 19.8 Å². The van der Waals surface area contributed by atoms with Crippen molar-refractivity contribution in [1.29, 1.82) is 0 Å². The molecule has 4 nitrogen and oxygen atoms in total. The Morgan fingerprint density at radius 3 is 1.68 bits per heavy atom. The summed E-state index contributed by atoms with van der Waals surface area (Å²) in [7, 11) is 0. The molecule has 3 rings (SSSR count). The van der Waals surface area contributed by atoms with Crippen molar-refractivity contribution < 1.29 is 14.3 Å². The number of hydrogen-bond acceptors (Lipinski definition) is 3. The Bertz CT molecular complexity index is 867. The van der Waals surface area contributed by atoms with Crippen molar-refractivity contribution in [3.8, 4) is 0 Å². The van der Waals surface area contributed by atoms with Gasteiger partial charge in [-0.1, -0.05) is 91.0 Å². The van der Waals surface area contributed by atoms with Crippen LogP contribution in [0.15, 0.2) is 91.0 Å². The quantitative estimate of drug-likeness (QED) is 0.459. The highest BCUT2D eigenvalue weighted by Crippen LogP contribution is 2.36. The topological polar surface area (TPSA) is 47.6 Å². The Hall–Kier alpha value is -2.95. The summed E-state index contributed by atoms with van der Waals surface area (Å²) >= 11 is 0. The fraction of sp³-hybridized carbons (Fsp3) is 0.296. The first kappa shape index (κ1) is 22.7. The highest BCUT2D eigenvalue weighted by molar-refractivity contribution is 5.92. The lowest BCUT2D eigenvalue weighted by molar-refractivity contribution is -0.142. The minimum absolute atomic E-state index is 0.0711. The van der Waals surface area contributed by atoms with E-state index in [0.29, 0.717) is 19.6 Å². The smallest absolute Gasteiger partial charge is 0.235 e. The monoisotopic (exact) mass is 417 g/mol. The van der Waals surface area contributed by atoms with E-state index in [1.807, 2.05) is 92.7 Å². The van der Waals surface area contributed by atoms with Crippen LogP contribution in [-0.4, -0.2) is 32.0 Å². The van der Waals surface area contributed by atoms with Gasteiger partial charge in [0.15, 0.2) is 6.29 Å². The van der Waals surface area contributed by atoms with E-state index in [0.717, 1.165) is 16.7 Å². The standard InChI is InChI=1S/C27H31NO3/c1-3-30-25(31-4-2)21-28-26(29)27(23-16-10-6-11-17-23,24-18-12-7-13-19-24)20-22-14-8-5-9-15-22/h5-19,25H,3-4,20-21H2,1-2H3,(H,28,29). The lowest BCUT2D eigenvalue weighted by atomic mass is 9.69. The van der Waals surface area contributed by atoms with Crippen LogP contribution in [0.4, 0.5) is 0 Å². The molecule has 3 aromatic rings. The minimum atomic E-state index is -0.882. The zero-order chi connectivity index (χ0) is 21.9. The van der Waals surface area contributed by atoms with E-state index < -0.39 is 11.7 Å². The van der Waals surface area contributed by atoms with Crippen LogP contribution < -0.4 is 5.32 Å². The van der Waals surface area contributed by atoms with Gasteiger partial charge in [0.25, 0.3) is 0 Å². The third kappa shape index (κ3) is 5.60. The fourth-order valence-corrected chi connectivity index (χ4v) is 3.93. The van der Waals surface area contributed by atoms with Gasteiger partial charge >= 0.3 is 0 Å². The number of ether oxygens (including phenoxy) is 2. The molecule has 0 aromatic heterocycles. The molecule has 0 bridgehead atoms. The molecule has 0 saturated carbocycles. The zero-order valence-corrected chi connectivity index (χ0v) is 18.3. The third-order valence-electron chi connectivity index (χ3n) is 5.37. The lowest BCUT2D eigenvalue weighted by Gasteiger charge is -2.34. The maximum absolute atomic E-state index is 14.0. The molecule has 3 aromatic carbocycles. The Balaban J connectivity index is 2.04. The Labute approximate surface area is 185 Å². The van der Waals surface area contributed by atoms with Gasteiger partial charge in [-0.25, -0.2) is 0 Å².